The fourth-order valence-corrected chi connectivity index (χ4v) is 59.6. The van der Waals surface area contributed by atoms with E-state index in [1.165, 1.54) is 77.2 Å². The minimum atomic E-state index is -7.38. The summed E-state index contributed by atoms with van der Waals surface area (Å²) in [4.78, 5) is 0. The predicted octanol–water partition coefficient (Wildman–Crippen LogP) is 15.1. The van der Waals surface area contributed by atoms with Gasteiger partial charge in [-0.25, -0.2) is 0 Å². The van der Waals surface area contributed by atoms with E-state index in [2.05, 4.69) is 177 Å². The first-order valence-electron chi connectivity index (χ1n) is 17.8. The molecule has 2 atom stereocenters. The summed E-state index contributed by atoms with van der Waals surface area (Å²) in [5, 5.41) is 4.95. The fraction of sp³-hybridized carbons (Fsp3) is 0.196. The summed E-state index contributed by atoms with van der Waals surface area (Å²) in [5.74, 6) is 0. The van der Waals surface area contributed by atoms with Crippen LogP contribution in [0.2, 0.25) is 18.7 Å². The number of fused-ring (bicyclic) bond motifs is 4. The maximum atomic E-state index is 9.24. The zero-order valence-corrected chi connectivity index (χ0v) is 34.8. The molecule has 0 N–H and O–H groups in total. The van der Waals surface area contributed by atoms with Crippen molar-refractivity contribution in [2.75, 3.05) is 0 Å². The van der Waals surface area contributed by atoms with E-state index in [1.54, 1.807) is 0 Å². The Morgan fingerprint density at radius 1 is 0.469 bits per heavy atom. The molecule has 6 aromatic carbocycles. The van der Waals surface area contributed by atoms with Gasteiger partial charge < -0.3 is 0 Å². The maximum absolute atomic E-state index is 9.24. The topological polar surface area (TPSA) is 0 Å². The molecule has 0 amide bonds. The van der Waals surface area contributed by atoms with Crippen LogP contribution in [0.5, 0.6) is 0 Å². The van der Waals surface area contributed by atoms with E-state index in [-0.39, 0.29) is 7.35 Å². The Labute approximate surface area is 286 Å². The minimum absolute atomic E-state index is 0.277. The SMILES string of the molecule is C[CH]=[Hf]([CH3])([CH3])([CH3])([CH3])([Cl])([Cl])([CH]1C(C)=Cc2c(-c3cccc4ccccc34)cccc21)[CH]1C(C)=Cc2c(-c3cccc4ccccc34)cccc21. The molecule has 0 saturated heterocycles. The van der Waals surface area contributed by atoms with Crippen LogP contribution < -0.4 is 0 Å². The third-order valence-electron chi connectivity index (χ3n) is 13.8. The summed E-state index contributed by atoms with van der Waals surface area (Å²) in [7, 11) is 11.1. The number of allylic oxidation sites excluding steroid dienone is 2. The van der Waals surface area contributed by atoms with E-state index in [9.17, 15) is 17.2 Å². The molecule has 2 aliphatic carbocycles. The summed E-state index contributed by atoms with van der Waals surface area (Å²) < 4.78 is 10.9. The summed E-state index contributed by atoms with van der Waals surface area (Å²) in [5.41, 5.74) is 12.1. The molecule has 0 nitrogen and oxygen atoms in total. The second-order valence-electron chi connectivity index (χ2n) is 20.8. The Balaban J connectivity index is 1.44. The molecule has 0 fully saturated rings. The zero-order valence-electron chi connectivity index (χ0n) is 29.7. The van der Waals surface area contributed by atoms with E-state index in [1.807, 2.05) is 0 Å². The number of hydrogen-bond donors (Lipinski definition) is 0. The molecule has 2 unspecified atom stereocenters. The summed E-state index contributed by atoms with van der Waals surface area (Å²) in [6, 6.07) is 43.9. The van der Waals surface area contributed by atoms with Crippen LogP contribution in [0.3, 0.4) is 0 Å². The van der Waals surface area contributed by atoms with Gasteiger partial charge in [0.05, 0.1) is 0 Å². The molecule has 0 aliphatic heterocycles. The Morgan fingerprint density at radius 2 is 0.816 bits per heavy atom. The van der Waals surface area contributed by atoms with Crippen molar-refractivity contribution in [3.05, 3.63) is 155 Å². The Hall–Kier alpha value is -3.36. The monoisotopic (exact) mass is 848 g/mol. The standard InChI is InChI=1S/2C20H15.C2H4.4CH3.2ClH.Hf/c2*1-14-12-16-8-5-11-19(20(16)13-14)18-10-4-7-15-6-2-3-9-17(15)18;1-2;;;;;;;/h2*2-13H,1H3;1H,2H3;4*1H3;2*1H;/q;;;;;;;;;+2/p-2. The average Bonchev–Trinajstić information content (AvgIpc) is 3.62. The van der Waals surface area contributed by atoms with Gasteiger partial charge >= 0.3 is 288 Å². The number of rotatable bonds is 4. The first-order valence-corrected chi connectivity index (χ1v) is 47.3. The predicted molar refractivity (Wildman–Crippen MR) is 218 cm³/mol. The average molecular weight is 848 g/mol. The van der Waals surface area contributed by atoms with Gasteiger partial charge in [-0.3, -0.25) is 0 Å². The van der Waals surface area contributed by atoms with Gasteiger partial charge in [-0.2, -0.15) is 0 Å². The van der Waals surface area contributed by atoms with Crippen molar-refractivity contribution in [2.45, 2.75) is 46.8 Å². The molecule has 0 spiro atoms. The quantitative estimate of drug-likeness (QED) is 0.155. The Bertz CT molecular complexity index is 2570. The van der Waals surface area contributed by atoms with Gasteiger partial charge in [0.25, 0.3) is 0 Å². The van der Waals surface area contributed by atoms with Crippen LogP contribution in [0.4, 0.5) is 0 Å². The second kappa shape index (κ2) is 7.91. The molecule has 49 heavy (non-hydrogen) atoms. The van der Waals surface area contributed by atoms with Gasteiger partial charge in [0.1, 0.15) is 0 Å². The number of halogens is 2. The summed E-state index contributed by atoms with van der Waals surface area (Å²) >= 11 is 0. The van der Waals surface area contributed by atoms with Crippen LogP contribution >= 0.6 is 17.2 Å². The van der Waals surface area contributed by atoms with E-state index < -0.39 is 9.78 Å². The first kappa shape index (κ1) is 32.8. The van der Waals surface area contributed by atoms with E-state index in [0.29, 0.717) is 0 Å². The van der Waals surface area contributed by atoms with Crippen LogP contribution in [-0.2, 0) is 9.78 Å². The molecule has 2 aliphatic rings. The molecule has 0 bridgehead atoms. The Kier molecular flexibility index (Phi) is 5.30. The van der Waals surface area contributed by atoms with E-state index in [4.69, 9.17) is 0 Å². The molecular formula is C46H46Cl2Hf. The van der Waals surface area contributed by atoms with Crippen molar-refractivity contribution >= 4 is 54.6 Å². The van der Waals surface area contributed by atoms with Crippen LogP contribution in [0.15, 0.2) is 132 Å². The van der Waals surface area contributed by atoms with Crippen LogP contribution in [0, 0.1) is 0 Å². The molecule has 6 aromatic rings. The Morgan fingerprint density at radius 3 is 1.22 bits per heavy atom. The molecule has 0 radical (unpaired) electrons. The third-order valence-corrected chi connectivity index (χ3v) is 66.8. The van der Waals surface area contributed by atoms with Gasteiger partial charge in [-0.15, -0.1) is 0 Å². The van der Waals surface area contributed by atoms with E-state index in [0.717, 1.165) is 0 Å². The van der Waals surface area contributed by atoms with Gasteiger partial charge in [0.15, 0.2) is 0 Å². The zero-order chi connectivity index (χ0) is 34.8. The second-order valence-corrected chi connectivity index (χ2v) is 133. The van der Waals surface area contributed by atoms with Crippen molar-refractivity contribution < 1.29 is 9.78 Å². The van der Waals surface area contributed by atoms with Crippen LogP contribution in [0.1, 0.15) is 50.4 Å². The molecule has 248 valence electrons. The van der Waals surface area contributed by atoms with Crippen LogP contribution in [-0.4, -0.2) is 3.76 Å². The summed E-state index contributed by atoms with van der Waals surface area (Å²) in [6.45, 7) is 6.63. The van der Waals surface area contributed by atoms with Crippen molar-refractivity contribution in [3.8, 4) is 22.3 Å². The molecule has 8 rings (SSSR count). The molecule has 0 aromatic heterocycles. The molecular weight excluding hydrogens is 802 g/mol. The molecule has 0 saturated carbocycles. The summed E-state index contributed by atoms with van der Waals surface area (Å²) in [6.07, 6.45) is 4.74. The fourth-order valence-electron chi connectivity index (χ4n) is 11.5. The third kappa shape index (κ3) is 4.22. The van der Waals surface area contributed by atoms with Gasteiger partial charge in [-0.05, 0) is 0 Å². The van der Waals surface area contributed by atoms with Crippen molar-refractivity contribution in [1.29, 1.82) is 0 Å². The van der Waals surface area contributed by atoms with E-state index >= 15 is 0 Å². The van der Waals surface area contributed by atoms with Gasteiger partial charge in [-0.1, -0.05) is 0 Å². The molecule has 3 heteroatoms. The van der Waals surface area contributed by atoms with Crippen molar-refractivity contribution in [2.24, 2.45) is 0 Å². The first-order chi connectivity index (χ1) is 22.7. The van der Waals surface area contributed by atoms with Crippen molar-refractivity contribution in [1.82, 2.24) is 0 Å². The van der Waals surface area contributed by atoms with Gasteiger partial charge in [0.2, 0.25) is 0 Å². The van der Waals surface area contributed by atoms with Gasteiger partial charge in [0, 0.05) is 0 Å². The molecule has 0 heterocycles. The number of hydrogen-bond acceptors (Lipinski definition) is 0. The van der Waals surface area contributed by atoms with Crippen LogP contribution in [0.25, 0.3) is 56.0 Å². The number of benzene rings is 6. The van der Waals surface area contributed by atoms with Crippen molar-refractivity contribution in [3.63, 3.8) is 0 Å². The normalized spacial score (nSPS) is 21.5.